The van der Waals surface area contributed by atoms with Gasteiger partial charge in [0, 0.05) is 11.7 Å². The third-order valence-corrected chi connectivity index (χ3v) is 2.85. The fourth-order valence-electron chi connectivity index (χ4n) is 1.67. The van der Waals surface area contributed by atoms with Crippen LogP contribution in [0.15, 0.2) is 41.0 Å². The van der Waals surface area contributed by atoms with Gasteiger partial charge in [-0.25, -0.2) is 4.79 Å². The van der Waals surface area contributed by atoms with Gasteiger partial charge in [-0.2, -0.15) is 0 Å². The summed E-state index contributed by atoms with van der Waals surface area (Å²) in [5, 5.41) is 5.85. The Hall–Kier alpha value is -2.14. The topological polar surface area (TPSA) is 63.5 Å². The third-order valence-electron chi connectivity index (χ3n) is 2.56. The number of amides is 2. The Kier molecular flexibility index (Phi) is 5.11. The van der Waals surface area contributed by atoms with Crippen molar-refractivity contribution in [2.45, 2.75) is 26.5 Å². The molecule has 0 aliphatic carbocycles. The number of urea groups is 1. The maximum Gasteiger partial charge on any atom is 0.319 e. The molecule has 0 unspecified atom stereocenters. The van der Waals surface area contributed by atoms with Gasteiger partial charge >= 0.3 is 6.03 Å². The van der Waals surface area contributed by atoms with Crippen LogP contribution in [0.3, 0.4) is 0 Å². The van der Waals surface area contributed by atoms with Gasteiger partial charge in [-0.05, 0) is 44.2 Å². The van der Waals surface area contributed by atoms with Gasteiger partial charge < -0.3 is 19.8 Å². The van der Waals surface area contributed by atoms with Crippen LogP contribution in [0.25, 0.3) is 0 Å². The molecule has 0 saturated heterocycles. The normalized spacial score (nSPS) is 10.5. The van der Waals surface area contributed by atoms with E-state index in [9.17, 15) is 4.79 Å². The highest BCUT2D eigenvalue weighted by Crippen LogP contribution is 2.28. The van der Waals surface area contributed by atoms with Gasteiger partial charge in [-0.1, -0.05) is 11.6 Å². The molecular formula is C15H17ClN2O3. The zero-order chi connectivity index (χ0) is 15.2. The SMILES string of the molecule is CC(C)NC(=O)Nc1ccc(OCc2ccco2)c(Cl)c1. The lowest BCUT2D eigenvalue weighted by molar-refractivity contribution is 0.250. The van der Waals surface area contributed by atoms with E-state index in [1.165, 1.54) is 0 Å². The average Bonchev–Trinajstić information content (AvgIpc) is 2.89. The molecule has 0 aliphatic rings. The number of halogens is 1. The van der Waals surface area contributed by atoms with Gasteiger partial charge in [-0.15, -0.1) is 0 Å². The molecule has 0 saturated carbocycles. The minimum Gasteiger partial charge on any atom is -0.484 e. The fraction of sp³-hybridized carbons (Fsp3) is 0.267. The van der Waals surface area contributed by atoms with Crippen molar-refractivity contribution >= 4 is 23.3 Å². The van der Waals surface area contributed by atoms with Crippen LogP contribution in [0.2, 0.25) is 5.02 Å². The predicted molar refractivity (Wildman–Crippen MR) is 81.8 cm³/mol. The molecule has 0 atom stereocenters. The van der Waals surface area contributed by atoms with Gasteiger partial charge in [0.1, 0.15) is 18.1 Å². The van der Waals surface area contributed by atoms with Crippen molar-refractivity contribution in [3.8, 4) is 5.75 Å². The molecular weight excluding hydrogens is 292 g/mol. The quantitative estimate of drug-likeness (QED) is 0.876. The molecule has 1 aromatic carbocycles. The molecule has 2 amide bonds. The second-order valence-corrected chi connectivity index (χ2v) is 5.17. The fourth-order valence-corrected chi connectivity index (χ4v) is 1.90. The van der Waals surface area contributed by atoms with E-state index in [2.05, 4.69) is 10.6 Å². The first-order valence-electron chi connectivity index (χ1n) is 6.57. The summed E-state index contributed by atoms with van der Waals surface area (Å²) in [6.45, 7) is 4.07. The first-order valence-corrected chi connectivity index (χ1v) is 6.94. The first kappa shape index (κ1) is 15.3. The summed E-state index contributed by atoms with van der Waals surface area (Å²) in [6.07, 6.45) is 1.58. The first-order chi connectivity index (χ1) is 10.0. The van der Waals surface area contributed by atoms with Crippen LogP contribution in [-0.2, 0) is 6.61 Å². The number of hydrogen-bond donors (Lipinski definition) is 2. The van der Waals surface area contributed by atoms with Gasteiger partial charge in [0.25, 0.3) is 0 Å². The summed E-state index contributed by atoms with van der Waals surface area (Å²) in [5.41, 5.74) is 0.600. The van der Waals surface area contributed by atoms with E-state index in [1.807, 2.05) is 19.9 Å². The highest BCUT2D eigenvalue weighted by molar-refractivity contribution is 6.32. The molecule has 0 radical (unpaired) electrons. The zero-order valence-corrected chi connectivity index (χ0v) is 12.6. The highest BCUT2D eigenvalue weighted by atomic mass is 35.5. The molecule has 1 heterocycles. The van der Waals surface area contributed by atoms with Crippen molar-refractivity contribution in [1.82, 2.24) is 5.32 Å². The van der Waals surface area contributed by atoms with Crippen LogP contribution < -0.4 is 15.4 Å². The molecule has 0 spiro atoms. The molecule has 0 aliphatic heterocycles. The highest BCUT2D eigenvalue weighted by Gasteiger charge is 2.07. The van der Waals surface area contributed by atoms with Crippen LogP contribution in [0, 0.1) is 0 Å². The van der Waals surface area contributed by atoms with Crippen molar-refractivity contribution in [2.24, 2.45) is 0 Å². The van der Waals surface area contributed by atoms with Gasteiger partial charge in [-0.3, -0.25) is 0 Å². The lowest BCUT2D eigenvalue weighted by Gasteiger charge is -2.12. The average molecular weight is 309 g/mol. The number of benzene rings is 1. The number of hydrogen-bond acceptors (Lipinski definition) is 3. The Balaban J connectivity index is 1.95. The number of anilines is 1. The maximum atomic E-state index is 11.6. The van der Waals surface area contributed by atoms with Gasteiger partial charge in [0.05, 0.1) is 11.3 Å². The Labute approximate surface area is 128 Å². The van der Waals surface area contributed by atoms with Crippen LogP contribution >= 0.6 is 11.6 Å². The minimum absolute atomic E-state index is 0.0661. The van der Waals surface area contributed by atoms with Crippen LogP contribution in [0.5, 0.6) is 5.75 Å². The Morgan fingerprint density at radius 2 is 2.19 bits per heavy atom. The molecule has 112 valence electrons. The number of furan rings is 1. The third kappa shape index (κ3) is 4.72. The van der Waals surface area contributed by atoms with Crippen molar-refractivity contribution in [1.29, 1.82) is 0 Å². The molecule has 1 aromatic heterocycles. The molecule has 0 fully saturated rings. The second kappa shape index (κ2) is 7.04. The number of rotatable bonds is 5. The summed E-state index contributed by atoms with van der Waals surface area (Å²) in [6, 6.07) is 8.47. The number of ether oxygens (including phenoxy) is 1. The van der Waals surface area contributed by atoms with Crippen LogP contribution in [-0.4, -0.2) is 12.1 Å². The molecule has 2 N–H and O–H groups in total. The van der Waals surface area contributed by atoms with E-state index in [-0.39, 0.29) is 12.1 Å². The number of carbonyl (C=O) groups excluding carboxylic acids is 1. The summed E-state index contributed by atoms with van der Waals surface area (Å²) in [5.74, 6) is 1.24. The van der Waals surface area contributed by atoms with Crippen molar-refractivity contribution < 1.29 is 13.9 Å². The van der Waals surface area contributed by atoms with Crippen molar-refractivity contribution in [3.63, 3.8) is 0 Å². The standard InChI is InChI=1S/C15H17ClN2O3/c1-10(2)17-15(19)18-11-5-6-14(13(16)8-11)21-9-12-4-3-7-20-12/h3-8,10H,9H2,1-2H3,(H2,17,18,19). The van der Waals surface area contributed by atoms with E-state index in [4.69, 9.17) is 20.8 Å². The zero-order valence-electron chi connectivity index (χ0n) is 11.9. The molecule has 5 nitrogen and oxygen atoms in total. The molecule has 0 bridgehead atoms. The lowest BCUT2D eigenvalue weighted by atomic mass is 10.3. The van der Waals surface area contributed by atoms with E-state index >= 15 is 0 Å². The maximum absolute atomic E-state index is 11.6. The van der Waals surface area contributed by atoms with Crippen LogP contribution in [0.1, 0.15) is 19.6 Å². The largest absolute Gasteiger partial charge is 0.484 e. The number of carbonyl (C=O) groups is 1. The van der Waals surface area contributed by atoms with Gasteiger partial charge in [0.15, 0.2) is 0 Å². The summed E-state index contributed by atoms with van der Waals surface area (Å²) >= 11 is 6.13. The Bertz CT molecular complexity index is 597. The van der Waals surface area contributed by atoms with E-state index in [1.54, 1.807) is 30.5 Å². The summed E-state index contributed by atoms with van der Waals surface area (Å²) in [7, 11) is 0. The molecule has 21 heavy (non-hydrogen) atoms. The minimum atomic E-state index is -0.273. The number of nitrogens with one attached hydrogen (secondary N) is 2. The summed E-state index contributed by atoms with van der Waals surface area (Å²) in [4.78, 5) is 11.6. The second-order valence-electron chi connectivity index (χ2n) is 4.77. The molecule has 2 aromatic rings. The Morgan fingerprint density at radius 3 is 2.81 bits per heavy atom. The Morgan fingerprint density at radius 1 is 1.38 bits per heavy atom. The lowest BCUT2D eigenvalue weighted by Crippen LogP contribution is -2.34. The molecule has 6 heteroatoms. The van der Waals surface area contributed by atoms with E-state index in [0.29, 0.717) is 28.8 Å². The van der Waals surface area contributed by atoms with Crippen LogP contribution in [0.4, 0.5) is 10.5 Å². The van der Waals surface area contributed by atoms with Crippen molar-refractivity contribution in [2.75, 3.05) is 5.32 Å². The monoisotopic (exact) mass is 308 g/mol. The van der Waals surface area contributed by atoms with Crippen molar-refractivity contribution in [3.05, 3.63) is 47.4 Å². The predicted octanol–water partition coefficient (Wildman–Crippen LogP) is 4.04. The van der Waals surface area contributed by atoms with E-state index in [0.717, 1.165) is 0 Å². The smallest absolute Gasteiger partial charge is 0.319 e. The summed E-state index contributed by atoms with van der Waals surface area (Å²) < 4.78 is 10.7. The molecule has 2 rings (SSSR count). The van der Waals surface area contributed by atoms with E-state index < -0.39 is 0 Å². The van der Waals surface area contributed by atoms with Gasteiger partial charge in [0.2, 0.25) is 0 Å².